The summed E-state index contributed by atoms with van der Waals surface area (Å²) < 4.78 is 16.3. The molecule has 0 spiro atoms. The van der Waals surface area contributed by atoms with Crippen molar-refractivity contribution in [3.05, 3.63) is 41.0 Å². The molecule has 1 heterocycles. The summed E-state index contributed by atoms with van der Waals surface area (Å²) in [7, 11) is 2.73. The summed E-state index contributed by atoms with van der Waals surface area (Å²) in [5, 5.41) is 0. The van der Waals surface area contributed by atoms with E-state index in [1.54, 1.807) is 0 Å². The summed E-state index contributed by atoms with van der Waals surface area (Å²) in [6, 6.07) is 7.99. The van der Waals surface area contributed by atoms with Gasteiger partial charge in [0, 0.05) is 23.3 Å². The molecule has 6 atom stereocenters. The summed E-state index contributed by atoms with van der Waals surface area (Å²) in [5.74, 6) is 0.916. The Bertz CT molecular complexity index is 795. The maximum absolute atomic E-state index is 12.5. The first-order valence-electron chi connectivity index (χ1n) is 8.33. The van der Waals surface area contributed by atoms with E-state index in [9.17, 15) is 9.59 Å². The van der Waals surface area contributed by atoms with Crippen LogP contribution in [0, 0.1) is 23.7 Å². The van der Waals surface area contributed by atoms with E-state index >= 15 is 0 Å². The van der Waals surface area contributed by atoms with E-state index in [4.69, 9.17) is 14.2 Å². The zero-order chi connectivity index (χ0) is 16.6. The minimum absolute atomic E-state index is 0.0183. The number of ether oxygens (including phenoxy) is 3. The van der Waals surface area contributed by atoms with Gasteiger partial charge in [0.05, 0.1) is 25.4 Å². The molecule has 6 unspecified atom stereocenters. The van der Waals surface area contributed by atoms with Crippen molar-refractivity contribution in [2.24, 2.45) is 23.7 Å². The number of esters is 2. The molecule has 1 aromatic rings. The molecule has 124 valence electrons. The van der Waals surface area contributed by atoms with Crippen molar-refractivity contribution in [2.45, 2.75) is 18.4 Å². The molecular weight excluding hydrogens is 308 g/mol. The number of fused-ring (bicyclic) bond motifs is 1. The number of rotatable bonds is 2. The van der Waals surface area contributed by atoms with Crippen molar-refractivity contribution in [1.29, 1.82) is 0 Å². The predicted molar refractivity (Wildman–Crippen MR) is 83.2 cm³/mol. The molecule has 2 saturated carbocycles. The van der Waals surface area contributed by atoms with Gasteiger partial charge in [0.1, 0.15) is 11.9 Å². The Balaban J connectivity index is 1.71. The van der Waals surface area contributed by atoms with Gasteiger partial charge in [-0.25, -0.2) is 9.59 Å². The van der Waals surface area contributed by atoms with Crippen LogP contribution in [-0.2, 0) is 19.1 Å². The second kappa shape index (κ2) is 4.62. The topological polar surface area (TPSA) is 61.8 Å². The normalized spacial score (nSPS) is 37.1. The van der Waals surface area contributed by atoms with E-state index < -0.39 is 11.9 Å². The maximum Gasteiger partial charge on any atom is 0.334 e. The molecule has 5 nitrogen and oxygen atoms in total. The summed E-state index contributed by atoms with van der Waals surface area (Å²) in [6.07, 6.45) is 0.952. The van der Waals surface area contributed by atoms with E-state index in [0.29, 0.717) is 23.0 Å². The van der Waals surface area contributed by atoms with Gasteiger partial charge in [0.2, 0.25) is 0 Å². The number of hydrogen-bond donors (Lipinski definition) is 0. The molecule has 4 aliphatic carbocycles. The number of carbonyl (C=O) groups is 2. The standard InChI is InChI=1S/C19H18O5/c1-22-18(20)15-12-9-7-10(9)14(16(15)19(21)23-2)17-13(12)8-5-3-4-6-11(8)24-17/h3-6,9-10,12-14,17H,7H2,1-2H3. The Labute approximate surface area is 139 Å². The molecular formula is C19H18O5. The lowest BCUT2D eigenvalue weighted by Gasteiger charge is -2.45. The van der Waals surface area contributed by atoms with Crippen LogP contribution >= 0.6 is 0 Å². The molecule has 5 aliphatic rings. The molecule has 0 amide bonds. The van der Waals surface area contributed by atoms with Crippen LogP contribution in [0.15, 0.2) is 35.4 Å². The lowest BCUT2D eigenvalue weighted by atomic mass is 9.59. The van der Waals surface area contributed by atoms with Crippen molar-refractivity contribution in [3.8, 4) is 5.75 Å². The number of carbonyl (C=O) groups excluding carboxylic acids is 2. The Kier molecular flexibility index (Phi) is 2.71. The zero-order valence-corrected chi connectivity index (χ0v) is 13.5. The highest BCUT2D eigenvalue weighted by Gasteiger charge is 2.69. The van der Waals surface area contributed by atoms with Gasteiger partial charge >= 0.3 is 11.9 Å². The van der Waals surface area contributed by atoms with Crippen LogP contribution in [0.1, 0.15) is 17.9 Å². The molecule has 2 bridgehead atoms. The second-order valence-corrected chi connectivity index (χ2v) is 7.07. The van der Waals surface area contributed by atoms with Crippen molar-refractivity contribution in [2.75, 3.05) is 14.2 Å². The number of methoxy groups -OCH3 is 2. The van der Waals surface area contributed by atoms with Crippen LogP contribution < -0.4 is 4.74 Å². The first-order valence-corrected chi connectivity index (χ1v) is 8.33. The number of hydrogen-bond acceptors (Lipinski definition) is 5. The molecule has 1 aromatic carbocycles. The minimum atomic E-state index is -0.422. The van der Waals surface area contributed by atoms with Crippen LogP contribution in [0.3, 0.4) is 0 Å². The first-order chi connectivity index (χ1) is 11.7. The molecule has 5 heteroatoms. The van der Waals surface area contributed by atoms with Gasteiger partial charge in [-0.05, 0) is 24.3 Å². The third-order valence-electron chi connectivity index (χ3n) is 6.22. The first kappa shape index (κ1) is 14.1. The highest BCUT2D eigenvalue weighted by molar-refractivity contribution is 6.02. The van der Waals surface area contributed by atoms with Crippen molar-refractivity contribution in [1.82, 2.24) is 0 Å². The summed E-state index contributed by atoms with van der Waals surface area (Å²) >= 11 is 0. The van der Waals surface area contributed by atoms with Crippen LogP contribution in [0.4, 0.5) is 0 Å². The van der Waals surface area contributed by atoms with Gasteiger partial charge in [-0.1, -0.05) is 18.2 Å². The molecule has 2 fully saturated rings. The molecule has 0 radical (unpaired) electrons. The number of para-hydroxylation sites is 1. The average molecular weight is 326 g/mol. The smallest absolute Gasteiger partial charge is 0.334 e. The zero-order valence-electron chi connectivity index (χ0n) is 13.5. The van der Waals surface area contributed by atoms with Gasteiger partial charge in [-0.2, -0.15) is 0 Å². The fraction of sp³-hybridized carbons (Fsp3) is 0.474. The van der Waals surface area contributed by atoms with E-state index in [2.05, 4.69) is 6.07 Å². The maximum atomic E-state index is 12.5. The fourth-order valence-electron chi connectivity index (χ4n) is 5.37. The van der Waals surface area contributed by atoms with Gasteiger partial charge in [-0.15, -0.1) is 0 Å². The summed E-state index contributed by atoms with van der Waals surface area (Å²) in [6.45, 7) is 0. The van der Waals surface area contributed by atoms with Crippen LogP contribution in [0.2, 0.25) is 0 Å². The highest BCUT2D eigenvalue weighted by Crippen LogP contribution is 2.70. The lowest BCUT2D eigenvalue weighted by molar-refractivity contribution is -0.142. The monoisotopic (exact) mass is 326 g/mol. The summed E-state index contributed by atoms with van der Waals surface area (Å²) in [4.78, 5) is 25.0. The Morgan fingerprint density at radius 3 is 2.29 bits per heavy atom. The van der Waals surface area contributed by atoms with Gasteiger partial charge in [0.25, 0.3) is 0 Å². The third-order valence-corrected chi connectivity index (χ3v) is 6.22. The largest absolute Gasteiger partial charge is 0.489 e. The van der Waals surface area contributed by atoms with Crippen molar-refractivity contribution < 1.29 is 23.8 Å². The van der Waals surface area contributed by atoms with Gasteiger partial charge in [-0.3, -0.25) is 0 Å². The highest BCUT2D eigenvalue weighted by atomic mass is 16.5. The predicted octanol–water partition coefficient (Wildman–Crippen LogP) is 2.07. The lowest BCUT2D eigenvalue weighted by Crippen LogP contribution is -2.49. The van der Waals surface area contributed by atoms with Gasteiger partial charge < -0.3 is 14.2 Å². The van der Waals surface area contributed by atoms with Crippen LogP contribution in [0.25, 0.3) is 0 Å². The van der Waals surface area contributed by atoms with Crippen LogP contribution in [-0.4, -0.2) is 32.3 Å². The third kappa shape index (κ3) is 1.55. The van der Waals surface area contributed by atoms with E-state index in [1.165, 1.54) is 14.2 Å². The summed E-state index contributed by atoms with van der Waals surface area (Å²) in [5.41, 5.74) is 2.16. The Hall–Kier alpha value is -2.30. The molecule has 0 N–H and O–H groups in total. The average Bonchev–Trinajstić information content (AvgIpc) is 3.33. The second-order valence-electron chi connectivity index (χ2n) is 7.07. The minimum Gasteiger partial charge on any atom is -0.489 e. The van der Waals surface area contributed by atoms with Crippen molar-refractivity contribution in [3.63, 3.8) is 0 Å². The molecule has 0 aromatic heterocycles. The Morgan fingerprint density at radius 2 is 1.58 bits per heavy atom. The van der Waals surface area contributed by atoms with Crippen LogP contribution in [0.5, 0.6) is 5.75 Å². The molecule has 6 rings (SSSR count). The Morgan fingerprint density at radius 1 is 0.958 bits per heavy atom. The molecule has 24 heavy (non-hydrogen) atoms. The number of benzene rings is 1. The van der Waals surface area contributed by atoms with E-state index in [1.807, 2.05) is 18.2 Å². The van der Waals surface area contributed by atoms with E-state index in [-0.39, 0.29) is 23.9 Å². The van der Waals surface area contributed by atoms with Gasteiger partial charge in [0.15, 0.2) is 0 Å². The fourth-order valence-corrected chi connectivity index (χ4v) is 5.37. The van der Waals surface area contributed by atoms with E-state index in [0.717, 1.165) is 17.7 Å². The van der Waals surface area contributed by atoms with Crippen molar-refractivity contribution >= 4 is 11.9 Å². The molecule has 0 saturated heterocycles. The molecule has 1 aliphatic heterocycles. The SMILES string of the molecule is COC(=O)C1=C(C(=O)OC)C2C3CC3C1C1Oc3ccccc3C12. The quantitative estimate of drug-likeness (QED) is 0.779.